The van der Waals surface area contributed by atoms with Crippen LogP contribution in [0.25, 0.3) is 0 Å². The Hall–Kier alpha value is -1.88. The molecule has 0 heterocycles. The highest BCUT2D eigenvalue weighted by Gasteiger charge is 2.45. The third-order valence-corrected chi connectivity index (χ3v) is 5.87. The predicted molar refractivity (Wildman–Crippen MR) is 110 cm³/mol. The van der Waals surface area contributed by atoms with E-state index in [9.17, 15) is 14.7 Å². The lowest BCUT2D eigenvalue weighted by molar-refractivity contribution is -0.168. The fraction of sp³-hybridized carbons (Fsp3) is 0.652. The summed E-state index contributed by atoms with van der Waals surface area (Å²) in [5.74, 6) is -1.47. The molecule has 1 rings (SSSR count). The van der Waals surface area contributed by atoms with Gasteiger partial charge in [0.25, 0.3) is 0 Å². The van der Waals surface area contributed by atoms with Gasteiger partial charge in [-0.2, -0.15) is 0 Å². The summed E-state index contributed by atoms with van der Waals surface area (Å²) in [5, 5.41) is 18.9. The molecule has 5 nitrogen and oxygen atoms in total. The zero-order chi connectivity index (χ0) is 21.8. The number of carboxylic acids is 1. The molecule has 0 saturated carbocycles. The molecule has 0 spiro atoms. The number of hydrogen-bond donors (Lipinski definition) is 2. The zero-order valence-corrected chi connectivity index (χ0v) is 18.3. The quantitative estimate of drug-likeness (QED) is 0.463. The minimum atomic E-state index is -1.10. The molecule has 0 saturated heterocycles. The van der Waals surface area contributed by atoms with Gasteiger partial charge in [-0.05, 0) is 55.6 Å². The molecule has 0 bridgehead atoms. The third kappa shape index (κ3) is 5.81. The zero-order valence-electron chi connectivity index (χ0n) is 18.3. The van der Waals surface area contributed by atoms with Gasteiger partial charge in [-0.3, -0.25) is 9.59 Å². The Morgan fingerprint density at radius 1 is 1.04 bits per heavy atom. The average molecular weight is 393 g/mol. The molecule has 158 valence electrons. The van der Waals surface area contributed by atoms with Crippen molar-refractivity contribution in [2.45, 2.75) is 79.1 Å². The Bertz CT molecular complexity index is 673. The van der Waals surface area contributed by atoms with Crippen molar-refractivity contribution in [2.24, 2.45) is 10.8 Å². The minimum absolute atomic E-state index is 0.0186. The number of carbonyl (C=O) groups excluding carboxylic acids is 1. The molecule has 3 unspecified atom stereocenters. The van der Waals surface area contributed by atoms with Gasteiger partial charge in [0.15, 0.2) is 6.79 Å². The van der Waals surface area contributed by atoms with Crippen LogP contribution in [0.4, 0.5) is 0 Å². The van der Waals surface area contributed by atoms with Crippen molar-refractivity contribution in [3.63, 3.8) is 0 Å². The molecular weight excluding hydrogens is 356 g/mol. The SMILES string of the molecule is CCC(C)(CC(C)(CC(C)c1ccc(C(C)(C)C)cc1)C(=O)O)C(=O)OCO. The Labute approximate surface area is 169 Å². The lowest BCUT2D eigenvalue weighted by Gasteiger charge is -2.36. The first-order valence-corrected chi connectivity index (χ1v) is 9.91. The van der Waals surface area contributed by atoms with E-state index in [2.05, 4.69) is 45.0 Å². The lowest BCUT2D eigenvalue weighted by Crippen LogP contribution is -2.40. The van der Waals surface area contributed by atoms with Gasteiger partial charge < -0.3 is 14.9 Å². The van der Waals surface area contributed by atoms with Gasteiger partial charge in [0.1, 0.15) is 0 Å². The molecule has 1 aromatic rings. The number of carboxylic acid groups (broad SMARTS) is 1. The smallest absolute Gasteiger partial charge is 0.313 e. The number of aliphatic hydroxyl groups excluding tert-OH is 1. The molecule has 0 radical (unpaired) electrons. The standard InChI is InChI=1S/C23H36O5/c1-8-22(6,20(27)28-15-24)14-23(7,19(25)26)13-16(2)17-9-11-18(12-10-17)21(3,4)5/h9-12,16,24H,8,13-15H2,1-7H3,(H,25,26). The molecule has 28 heavy (non-hydrogen) atoms. The summed E-state index contributed by atoms with van der Waals surface area (Å²) in [4.78, 5) is 24.5. The van der Waals surface area contributed by atoms with Crippen LogP contribution in [0.3, 0.4) is 0 Å². The second-order valence-electron chi connectivity index (χ2n) is 9.49. The second-order valence-corrected chi connectivity index (χ2v) is 9.49. The van der Waals surface area contributed by atoms with Gasteiger partial charge in [0.2, 0.25) is 0 Å². The van der Waals surface area contributed by atoms with E-state index in [1.54, 1.807) is 13.8 Å². The van der Waals surface area contributed by atoms with Crippen molar-refractivity contribution >= 4 is 11.9 Å². The number of benzene rings is 1. The molecule has 3 atom stereocenters. The van der Waals surface area contributed by atoms with E-state index >= 15 is 0 Å². The van der Waals surface area contributed by atoms with Gasteiger partial charge >= 0.3 is 11.9 Å². The Balaban J connectivity index is 3.07. The number of esters is 1. The van der Waals surface area contributed by atoms with Gasteiger partial charge in [-0.25, -0.2) is 0 Å². The van der Waals surface area contributed by atoms with E-state index in [0.29, 0.717) is 12.8 Å². The number of rotatable bonds is 9. The van der Waals surface area contributed by atoms with Crippen LogP contribution in [-0.2, 0) is 19.7 Å². The fourth-order valence-corrected chi connectivity index (χ4v) is 3.78. The number of ether oxygens (including phenoxy) is 1. The van der Waals surface area contributed by atoms with Crippen LogP contribution in [0.5, 0.6) is 0 Å². The first-order valence-electron chi connectivity index (χ1n) is 9.91. The number of aliphatic hydroxyl groups is 1. The van der Waals surface area contributed by atoms with Crippen molar-refractivity contribution in [2.75, 3.05) is 6.79 Å². The summed E-state index contributed by atoms with van der Waals surface area (Å²) >= 11 is 0. The van der Waals surface area contributed by atoms with E-state index in [1.807, 2.05) is 13.8 Å². The molecule has 2 N–H and O–H groups in total. The van der Waals surface area contributed by atoms with E-state index in [0.717, 1.165) is 5.56 Å². The van der Waals surface area contributed by atoms with Crippen molar-refractivity contribution in [3.8, 4) is 0 Å². The number of aliphatic carboxylic acids is 1. The highest BCUT2D eigenvalue weighted by Crippen LogP contribution is 2.43. The second kappa shape index (κ2) is 9.08. The van der Waals surface area contributed by atoms with E-state index in [4.69, 9.17) is 9.84 Å². The molecular formula is C23H36O5. The lowest BCUT2D eigenvalue weighted by atomic mass is 9.67. The summed E-state index contributed by atoms with van der Waals surface area (Å²) in [6.45, 7) is 13.0. The fourth-order valence-electron chi connectivity index (χ4n) is 3.78. The molecule has 0 amide bonds. The maximum atomic E-state index is 12.3. The highest BCUT2D eigenvalue weighted by atomic mass is 16.6. The Morgan fingerprint density at radius 3 is 1.96 bits per heavy atom. The molecule has 0 aliphatic rings. The summed E-state index contributed by atoms with van der Waals surface area (Å²) in [6.07, 6.45) is 0.984. The average Bonchev–Trinajstić information content (AvgIpc) is 2.60. The molecule has 0 aliphatic carbocycles. The number of hydrogen-bond acceptors (Lipinski definition) is 4. The molecule has 0 aliphatic heterocycles. The van der Waals surface area contributed by atoms with Gasteiger partial charge in [-0.15, -0.1) is 0 Å². The maximum absolute atomic E-state index is 12.3. The van der Waals surface area contributed by atoms with E-state index < -0.39 is 29.6 Å². The minimum Gasteiger partial charge on any atom is -0.481 e. The topological polar surface area (TPSA) is 83.8 Å². The Kier molecular flexibility index (Phi) is 7.83. The van der Waals surface area contributed by atoms with E-state index in [-0.39, 0.29) is 17.8 Å². The van der Waals surface area contributed by atoms with Crippen LogP contribution in [0.2, 0.25) is 0 Å². The van der Waals surface area contributed by atoms with Crippen LogP contribution in [0.15, 0.2) is 24.3 Å². The monoisotopic (exact) mass is 392 g/mol. The van der Waals surface area contributed by atoms with E-state index in [1.165, 1.54) is 5.56 Å². The van der Waals surface area contributed by atoms with Crippen molar-refractivity contribution in [1.82, 2.24) is 0 Å². The molecule has 1 aromatic carbocycles. The van der Waals surface area contributed by atoms with Crippen LogP contribution < -0.4 is 0 Å². The molecule has 5 heteroatoms. The van der Waals surface area contributed by atoms with Gasteiger partial charge in [0.05, 0.1) is 10.8 Å². The largest absolute Gasteiger partial charge is 0.481 e. The summed E-state index contributed by atoms with van der Waals surface area (Å²) in [7, 11) is 0. The van der Waals surface area contributed by atoms with Crippen LogP contribution in [0.1, 0.15) is 84.8 Å². The highest BCUT2D eigenvalue weighted by molar-refractivity contribution is 5.79. The number of carbonyl (C=O) groups is 2. The van der Waals surface area contributed by atoms with Crippen LogP contribution in [-0.4, -0.2) is 28.9 Å². The summed E-state index contributed by atoms with van der Waals surface area (Å²) in [5.41, 5.74) is 0.312. The van der Waals surface area contributed by atoms with Crippen molar-refractivity contribution in [1.29, 1.82) is 0 Å². The van der Waals surface area contributed by atoms with Crippen molar-refractivity contribution < 1.29 is 24.5 Å². The summed E-state index contributed by atoms with van der Waals surface area (Å²) in [6, 6.07) is 8.32. The molecule has 0 fully saturated rings. The maximum Gasteiger partial charge on any atom is 0.313 e. The Morgan fingerprint density at radius 2 is 1.57 bits per heavy atom. The summed E-state index contributed by atoms with van der Waals surface area (Å²) < 4.78 is 4.78. The first kappa shape index (κ1) is 24.2. The van der Waals surface area contributed by atoms with Crippen LogP contribution >= 0.6 is 0 Å². The van der Waals surface area contributed by atoms with Crippen molar-refractivity contribution in [3.05, 3.63) is 35.4 Å². The van der Waals surface area contributed by atoms with Gasteiger partial charge in [-0.1, -0.05) is 58.9 Å². The van der Waals surface area contributed by atoms with Gasteiger partial charge in [0, 0.05) is 0 Å². The normalized spacial score (nSPS) is 17.3. The molecule has 0 aromatic heterocycles. The first-order chi connectivity index (χ1) is 12.8. The predicted octanol–water partition coefficient (Wildman–Crippen LogP) is 4.87. The third-order valence-electron chi connectivity index (χ3n) is 5.87. The van der Waals surface area contributed by atoms with Crippen LogP contribution in [0, 0.1) is 10.8 Å².